The Balaban J connectivity index is 2.77. The van der Waals surface area contributed by atoms with Gasteiger partial charge in [0.2, 0.25) is 0 Å². The quantitative estimate of drug-likeness (QED) is 0.794. The van der Waals surface area contributed by atoms with E-state index in [1.807, 2.05) is 0 Å². The van der Waals surface area contributed by atoms with Crippen LogP contribution in [0.4, 0.5) is 0 Å². The Morgan fingerprint density at radius 3 is 2.35 bits per heavy atom. The molecule has 0 aromatic heterocycles. The van der Waals surface area contributed by atoms with Crippen LogP contribution in [0.15, 0.2) is 11.0 Å². The van der Waals surface area contributed by atoms with Crippen LogP contribution in [0, 0.1) is 0 Å². The van der Waals surface area contributed by atoms with E-state index in [4.69, 9.17) is 20.2 Å². The highest BCUT2D eigenvalue weighted by atomic mass is 35.7. The van der Waals surface area contributed by atoms with Crippen molar-refractivity contribution in [2.45, 2.75) is 24.2 Å². The molecule has 94 valence electrons. The first-order valence-electron chi connectivity index (χ1n) is 5.20. The van der Waals surface area contributed by atoms with Gasteiger partial charge in [0.25, 0.3) is 9.05 Å². The molecule has 0 aliphatic heterocycles. The van der Waals surface area contributed by atoms with Crippen LogP contribution in [0.2, 0.25) is 0 Å². The molecule has 2 rings (SSSR count). The van der Waals surface area contributed by atoms with Crippen molar-refractivity contribution in [3.63, 3.8) is 0 Å². The van der Waals surface area contributed by atoms with Gasteiger partial charge >= 0.3 is 0 Å². The highest BCUT2D eigenvalue weighted by Gasteiger charge is 2.28. The maximum atomic E-state index is 11.5. The fraction of sp³-hybridized carbons (Fsp3) is 0.455. The number of rotatable bonds is 3. The molecule has 0 N–H and O–H groups in total. The van der Waals surface area contributed by atoms with Crippen LogP contribution in [0.1, 0.15) is 17.5 Å². The van der Waals surface area contributed by atoms with Gasteiger partial charge in [-0.15, -0.1) is 0 Å². The van der Waals surface area contributed by atoms with Gasteiger partial charge in [0.05, 0.1) is 14.2 Å². The van der Waals surface area contributed by atoms with E-state index in [1.54, 1.807) is 0 Å². The molecule has 0 bridgehead atoms. The van der Waals surface area contributed by atoms with Gasteiger partial charge in [-0.05, 0) is 19.3 Å². The number of fused-ring (bicyclic) bond motifs is 1. The molecule has 0 heterocycles. The average molecular weight is 277 g/mol. The molecule has 0 amide bonds. The lowest BCUT2D eigenvalue weighted by Crippen LogP contribution is -2.02. The maximum absolute atomic E-state index is 11.5. The molecule has 1 aromatic rings. The second-order valence-corrected chi connectivity index (χ2v) is 6.39. The van der Waals surface area contributed by atoms with Crippen LogP contribution in [-0.2, 0) is 21.9 Å². The summed E-state index contributed by atoms with van der Waals surface area (Å²) in [5.41, 5.74) is 1.92. The van der Waals surface area contributed by atoms with Crippen molar-refractivity contribution in [3.05, 3.63) is 17.2 Å². The Kier molecular flexibility index (Phi) is 3.23. The largest absolute Gasteiger partial charge is 0.496 e. The van der Waals surface area contributed by atoms with Crippen LogP contribution in [-0.4, -0.2) is 22.6 Å². The van der Waals surface area contributed by atoms with Crippen LogP contribution in [0.3, 0.4) is 0 Å². The average Bonchev–Trinajstić information content (AvgIpc) is 2.74. The predicted molar refractivity (Wildman–Crippen MR) is 64.6 cm³/mol. The van der Waals surface area contributed by atoms with Crippen molar-refractivity contribution in [2.24, 2.45) is 0 Å². The number of hydrogen-bond donors (Lipinski definition) is 0. The number of methoxy groups -OCH3 is 2. The molecule has 1 aliphatic carbocycles. The van der Waals surface area contributed by atoms with Gasteiger partial charge in [0.15, 0.2) is 0 Å². The number of ether oxygens (including phenoxy) is 2. The second-order valence-electron chi connectivity index (χ2n) is 3.86. The standard InChI is InChI=1S/C11H13ClO4S/c1-15-9-6-10(17(12,13)14)11(16-2)8-5-3-4-7(8)9/h6H,3-5H2,1-2H3. The molecular formula is C11H13ClO4S. The number of benzene rings is 1. The zero-order valence-electron chi connectivity index (χ0n) is 9.62. The van der Waals surface area contributed by atoms with Crippen molar-refractivity contribution in [2.75, 3.05) is 14.2 Å². The van der Waals surface area contributed by atoms with E-state index < -0.39 is 9.05 Å². The van der Waals surface area contributed by atoms with Gasteiger partial charge in [0.1, 0.15) is 16.4 Å². The SMILES string of the molecule is COc1cc(S(=O)(=O)Cl)c(OC)c2c1CCC2. The van der Waals surface area contributed by atoms with Crippen molar-refractivity contribution >= 4 is 19.7 Å². The molecule has 4 nitrogen and oxygen atoms in total. The Hall–Kier alpha value is -0.940. The van der Waals surface area contributed by atoms with Crippen molar-refractivity contribution < 1.29 is 17.9 Å². The molecule has 0 radical (unpaired) electrons. The fourth-order valence-corrected chi connectivity index (χ4v) is 3.29. The van der Waals surface area contributed by atoms with E-state index in [2.05, 4.69) is 0 Å². The van der Waals surface area contributed by atoms with Crippen LogP contribution >= 0.6 is 10.7 Å². The smallest absolute Gasteiger partial charge is 0.265 e. The fourth-order valence-electron chi connectivity index (χ4n) is 2.27. The van der Waals surface area contributed by atoms with Gasteiger partial charge in [-0.1, -0.05) is 0 Å². The molecule has 17 heavy (non-hydrogen) atoms. The monoisotopic (exact) mass is 276 g/mol. The minimum Gasteiger partial charge on any atom is -0.496 e. The van der Waals surface area contributed by atoms with Crippen molar-refractivity contribution in [1.82, 2.24) is 0 Å². The van der Waals surface area contributed by atoms with E-state index in [9.17, 15) is 8.42 Å². The third-order valence-electron chi connectivity index (χ3n) is 2.96. The van der Waals surface area contributed by atoms with Gasteiger partial charge in [0, 0.05) is 27.9 Å². The molecule has 0 saturated heterocycles. The van der Waals surface area contributed by atoms with E-state index in [0.29, 0.717) is 11.5 Å². The van der Waals surface area contributed by atoms with E-state index >= 15 is 0 Å². The first-order chi connectivity index (χ1) is 7.99. The summed E-state index contributed by atoms with van der Waals surface area (Å²) < 4.78 is 33.4. The predicted octanol–water partition coefficient (Wildman–Crippen LogP) is 2.12. The van der Waals surface area contributed by atoms with E-state index in [1.165, 1.54) is 20.3 Å². The maximum Gasteiger partial charge on any atom is 0.265 e. The minimum atomic E-state index is -3.83. The summed E-state index contributed by atoms with van der Waals surface area (Å²) >= 11 is 0. The number of halogens is 1. The van der Waals surface area contributed by atoms with Gasteiger partial charge < -0.3 is 9.47 Å². The molecule has 1 aromatic carbocycles. The Morgan fingerprint density at radius 2 is 1.82 bits per heavy atom. The molecular weight excluding hydrogens is 264 g/mol. The Morgan fingerprint density at radius 1 is 1.18 bits per heavy atom. The molecule has 0 saturated carbocycles. The van der Waals surface area contributed by atoms with Gasteiger partial charge in [-0.25, -0.2) is 8.42 Å². The summed E-state index contributed by atoms with van der Waals surface area (Å²) in [5, 5.41) is 0. The number of hydrogen-bond acceptors (Lipinski definition) is 4. The summed E-state index contributed by atoms with van der Waals surface area (Å²) in [7, 11) is 4.55. The van der Waals surface area contributed by atoms with Crippen molar-refractivity contribution in [1.29, 1.82) is 0 Å². The van der Waals surface area contributed by atoms with Gasteiger partial charge in [-0.2, -0.15) is 0 Å². The van der Waals surface area contributed by atoms with Crippen LogP contribution in [0.25, 0.3) is 0 Å². The topological polar surface area (TPSA) is 52.6 Å². The van der Waals surface area contributed by atoms with E-state index in [0.717, 1.165) is 30.4 Å². The Bertz CT molecular complexity index is 551. The summed E-state index contributed by atoms with van der Waals surface area (Å²) in [6, 6.07) is 1.44. The summed E-state index contributed by atoms with van der Waals surface area (Å²) in [6.07, 6.45) is 2.63. The van der Waals surface area contributed by atoms with Crippen LogP contribution in [0.5, 0.6) is 11.5 Å². The lowest BCUT2D eigenvalue weighted by atomic mass is 10.1. The first-order valence-corrected chi connectivity index (χ1v) is 7.51. The minimum absolute atomic E-state index is 0.0147. The molecule has 6 heteroatoms. The molecule has 0 unspecified atom stereocenters. The normalized spacial score (nSPS) is 14.5. The molecule has 0 atom stereocenters. The first kappa shape index (κ1) is 12.5. The molecule has 0 fully saturated rings. The highest BCUT2D eigenvalue weighted by Crippen LogP contribution is 2.42. The summed E-state index contributed by atoms with van der Waals surface area (Å²) in [4.78, 5) is -0.0147. The second kappa shape index (κ2) is 4.38. The zero-order chi connectivity index (χ0) is 12.6. The van der Waals surface area contributed by atoms with Gasteiger partial charge in [-0.3, -0.25) is 0 Å². The third kappa shape index (κ3) is 2.09. The summed E-state index contributed by atoms with van der Waals surface area (Å²) in [5.74, 6) is 0.922. The van der Waals surface area contributed by atoms with Crippen LogP contribution < -0.4 is 9.47 Å². The summed E-state index contributed by atoms with van der Waals surface area (Å²) in [6.45, 7) is 0. The van der Waals surface area contributed by atoms with Crippen molar-refractivity contribution in [3.8, 4) is 11.5 Å². The van der Waals surface area contributed by atoms with E-state index in [-0.39, 0.29) is 4.90 Å². The Labute approximate surface area is 105 Å². The lowest BCUT2D eigenvalue weighted by molar-refractivity contribution is 0.387. The zero-order valence-corrected chi connectivity index (χ0v) is 11.2. The third-order valence-corrected chi connectivity index (χ3v) is 4.29. The molecule has 0 spiro atoms. The highest BCUT2D eigenvalue weighted by molar-refractivity contribution is 8.13. The lowest BCUT2D eigenvalue weighted by Gasteiger charge is -2.14. The molecule has 1 aliphatic rings.